The molecule has 30 heavy (non-hydrogen) atoms. The van der Waals surface area contributed by atoms with Crippen LogP contribution in [0.2, 0.25) is 0 Å². The number of hydrogen-bond acceptors (Lipinski definition) is 6. The predicted octanol–water partition coefficient (Wildman–Crippen LogP) is 4.47. The van der Waals surface area contributed by atoms with Crippen molar-refractivity contribution in [2.45, 2.75) is 25.6 Å². The molecule has 0 unspecified atom stereocenters. The van der Waals surface area contributed by atoms with E-state index in [4.69, 9.17) is 13.9 Å². The number of aromatic nitrogens is 1. The van der Waals surface area contributed by atoms with Crippen molar-refractivity contribution in [3.05, 3.63) is 72.1 Å². The maximum atomic E-state index is 12.6. The van der Waals surface area contributed by atoms with Gasteiger partial charge in [-0.3, -0.25) is 0 Å². The van der Waals surface area contributed by atoms with Crippen molar-refractivity contribution < 1.29 is 18.7 Å². The van der Waals surface area contributed by atoms with Crippen molar-refractivity contribution >= 4 is 27.8 Å². The molecule has 0 radical (unpaired) electrons. The zero-order chi connectivity index (χ0) is 20.3. The molecular formula is C24H22N2O4. The topological polar surface area (TPSA) is 73.6 Å². The van der Waals surface area contributed by atoms with Crippen molar-refractivity contribution in [3.63, 3.8) is 0 Å². The maximum absolute atomic E-state index is 12.6. The number of benzene rings is 3. The van der Waals surface area contributed by atoms with Gasteiger partial charge in [-0.15, -0.1) is 0 Å². The third kappa shape index (κ3) is 3.74. The van der Waals surface area contributed by atoms with Crippen LogP contribution in [0, 0.1) is 0 Å². The number of carbonyl (C=O) groups excluding carboxylic acids is 1. The molecule has 1 fully saturated rings. The highest BCUT2D eigenvalue weighted by atomic mass is 16.5. The lowest BCUT2D eigenvalue weighted by molar-refractivity contribution is 0.0431. The molecule has 6 nitrogen and oxygen atoms in total. The van der Waals surface area contributed by atoms with E-state index in [2.05, 4.69) is 10.3 Å². The summed E-state index contributed by atoms with van der Waals surface area (Å²) in [6.07, 6.45) is 2.01. The molecule has 0 saturated carbocycles. The van der Waals surface area contributed by atoms with E-state index >= 15 is 0 Å². The summed E-state index contributed by atoms with van der Waals surface area (Å²) in [6, 6.07) is 19.4. The largest absolute Gasteiger partial charge is 0.488 e. The lowest BCUT2D eigenvalue weighted by Gasteiger charge is -2.23. The number of carbonyl (C=O) groups is 1. The summed E-state index contributed by atoms with van der Waals surface area (Å²) in [6.45, 7) is 2.02. The van der Waals surface area contributed by atoms with E-state index in [1.807, 2.05) is 54.6 Å². The molecule has 1 N–H and O–H groups in total. The van der Waals surface area contributed by atoms with Crippen molar-refractivity contribution in [1.29, 1.82) is 0 Å². The molecular weight excluding hydrogens is 380 g/mol. The molecule has 152 valence electrons. The van der Waals surface area contributed by atoms with E-state index < -0.39 is 5.97 Å². The molecule has 3 aromatic carbocycles. The van der Waals surface area contributed by atoms with Crippen LogP contribution in [0.15, 0.2) is 65.1 Å². The normalized spacial score (nSPS) is 14.8. The van der Waals surface area contributed by atoms with Crippen LogP contribution >= 0.6 is 0 Å². The third-order valence-electron chi connectivity index (χ3n) is 5.38. The molecule has 0 atom stereocenters. The fraction of sp³-hybridized carbons (Fsp3) is 0.250. The van der Waals surface area contributed by atoms with Crippen LogP contribution in [0.1, 0.15) is 29.1 Å². The average Bonchev–Trinajstić information content (AvgIpc) is 3.24. The van der Waals surface area contributed by atoms with Gasteiger partial charge >= 0.3 is 11.9 Å². The van der Waals surface area contributed by atoms with E-state index in [9.17, 15) is 4.79 Å². The van der Waals surface area contributed by atoms with Crippen LogP contribution in [-0.4, -0.2) is 30.1 Å². The number of nitrogens with one attached hydrogen (secondary N) is 1. The molecule has 0 spiro atoms. The van der Waals surface area contributed by atoms with Gasteiger partial charge < -0.3 is 19.2 Å². The standard InChI is InChI=1S/C24H22N2O4/c27-24(28-15-17-7-3-6-16-5-1-2-8-19(16)17)23-26-22-20(9-4-10-21(22)30-23)29-18-11-13-25-14-12-18/h1-10,18,25H,11-15H2. The quantitative estimate of drug-likeness (QED) is 0.497. The Hall–Kier alpha value is -3.38. The van der Waals surface area contributed by atoms with Crippen LogP contribution in [0.5, 0.6) is 5.75 Å². The summed E-state index contributed by atoms with van der Waals surface area (Å²) in [5.74, 6) is -0.0187. The first-order valence-corrected chi connectivity index (χ1v) is 10.2. The Morgan fingerprint density at radius 2 is 1.83 bits per heavy atom. The van der Waals surface area contributed by atoms with E-state index in [1.165, 1.54) is 0 Å². The second kappa shape index (κ2) is 8.16. The van der Waals surface area contributed by atoms with Crippen LogP contribution in [0.4, 0.5) is 0 Å². The maximum Gasteiger partial charge on any atom is 0.395 e. The highest BCUT2D eigenvalue weighted by Gasteiger charge is 2.21. The number of ether oxygens (including phenoxy) is 2. The SMILES string of the molecule is O=C(OCc1cccc2ccccc12)c1nc2c(OC3CCNCC3)cccc2o1. The highest BCUT2D eigenvalue weighted by Crippen LogP contribution is 2.28. The first-order valence-electron chi connectivity index (χ1n) is 10.2. The molecule has 5 rings (SSSR count). The zero-order valence-corrected chi connectivity index (χ0v) is 16.5. The van der Waals surface area contributed by atoms with E-state index in [0.29, 0.717) is 16.8 Å². The number of para-hydroxylation sites is 1. The summed E-state index contributed by atoms with van der Waals surface area (Å²) >= 11 is 0. The fourth-order valence-electron chi connectivity index (χ4n) is 3.82. The molecule has 1 aliphatic rings. The van der Waals surface area contributed by atoms with E-state index in [-0.39, 0.29) is 18.6 Å². The Morgan fingerprint density at radius 3 is 2.73 bits per heavy atom. The Balaban J connectivity index is 1.34. The number of hydrogen-bond donors (Lipinski definition) is 1. The summed E-state index contributed by atoms with van der Waals surface area (Å²) < 4.78 is 17.3. The van der Waals surface area contributed by atoms with Gasteiger partial charge in [0.25, 0.3) is 0 Å². The van der Waals surface area contributed by atoms with Gasteiger partial charge in [-0.25, -0.2) is 4.79 Å². The molecule has 1 aromatic heterocycles. The van der Waals surface area contributed by atoms with Crippen LogP contribution < -0.4 is 10.1 Å². The molecule has 0 bridgehead atoms. The Bertz CT molecular complexity index is 1190. The van der Waals surface area contributed by atoms with Gasteiger partial charge in [0.15, 0.2) is 11.1 Å². The predicted molar refractivity (Wildman–Crippen MR) is 114 cm³/mol. The van der Waals surface area contributed by atoms with Crippen LogP contribution in [0.25, 0.3) is 21.9 Å². The molecule has 0 aliphatic carbocycles. The molecule has 6 heteroatoms. The fourth-order valence-corrected chi connectivity index (χ4v) is 3.82. The van der Waals surface area contributed by atoms with Crippen molar-refractivity contribution in [1.82, 2.24) is 10.3 Å². The molecule has 1 saturated heterocycles. The van der Waals surface area contributed by atoms with Crippen molar-refractivity contribution in [3.8, 4) is 5.75 Å². The average molecular weight is 402 g/mol. The van der Waals surface area contributed by atoms with Gasteiger partial charge in [-0.2, -0.15) is 4.98 Å². The Kier molecular flexibility index (Phi) is 5.07. The van der Waals surface area contributed by atoms with Crippen LogP contribution in [0.3, 0.4) is 0 Å². The smallest absolute Gasteiger partial charge is 0.395 e. The van der Waals surface area contributed by atoms with E-state index in [1.54, 1.807) is 6.07 Å². The number of esters is 1. The zero-order valence-electron chi connectivity index (χ0n) is 16.5. The monoisotopic (exact) mass is 402 g/mol. The Morgan fingerprint density at radius 1 is 1.03 bits per heavy atom. The second-order valence-electron chi connectivity index (χ2n) is 7.40. The van der Waals surface area contributed by atoms with Crippen LogP contribution in [-0.2, 0) is 11.3 Å². The first-order chi connectivity index (χ1) is 14.8. The summed E-state index contributed by atoms with van der Waals surface area (Å²) in [5.41, 5.74) is 2.00. The molecule has 4 aromatic rings. The van der Waals surface area contributed by atoms with Gasteiger partial charge in [-0.05, 0) is 54.4 Å². The minimum Gasteiger partial charge on any atom is -0.488 e. The van der Waals surface area contributed by atoms with Crippen molar-refractivity contribution in [2.75, 3.05) is 13.1 Å². The molecule has 2 heterocycles. The van der Waals surface area contributed by atoms with Gasteiger partial charge in [-0.1, -0.05) is 48.5 Å². The summed E-state index contributed by atoms with van der Waals surface area (Å²) in [4.78, 5) is 17.0. The Labute approximate surface area is 173 Å². The second-order valence-corrected chi connectivity index (χ2v) is 7.40. The number of rotatable bonds is 5. The lowest BCUT2D eigenvalue weighted by Crippen LogP contribution is -2.34. The van der Waals surface area contributed by atoms with Gasteiger partial charge in [0.1, 0.15) is 18.5 Å². The minimum atomic E-state index is -0.591. The first kappa shape index (κ1) is 18.6. The third-order valence-corrected chi connectivity index (χ3v) is 5.38. The number of piperidine rings is 1. The lowest BCUT2D eigenvalue weighted by atomic mass is 10.1. The van der Waals surface area contributed by atoms with E-state index in [0.717, 1.165) is 42.3 Å². The minimum absolute atomic E-state index is 0.0633. The van der Waals surface area contributed by atoms with Gasteiger partial charge in [0, 0.05) is 0 Å². The molecule has 1 aliphatic heterocycles. The van der Waals surface area contributed by atoms with Gasteiger partial charge in [0.05, 0.1) is 0 Å². The number of fused-ring (bicyclic) bond motifs is 2. The number of oxazole rings is 1. The highest BCUT2D eigenvalue weighted by molar-refractivity contribution is 5.90. The van der Waals surface area contributed by atoms with Gasteiger partial charge in [0.2, 0.25) is 0 Å². The summed E-state index contributed by atoms with van der Waals surface area (Å²) in [7, 11) is 0. The van der Waals surface area contributed by atoms with Crippen molar-refractivity contribution in [2.24, 2.45) is 0 Å². The number of nitrogens with zero attached hydrogens (tertiary/aromatic N) is 1. The molecule has 0 amide bonds. The summed E-state index contributed by atoms with van der Waals surface area (Å²) in [5, 5.41) is 5.48.